The fourth-order valence-electron chi connectivity index (χ4n) is 5.30. The molecule has 2 aromatic heterocycles. The zero-order valence-corrected chi connectivity index (χ0v) is 28.5. The van der Waals surface area contributed by atoms with Crippen molar-refractivity contribution in [1.82, 2.24) is 9.13 Å². The molecule has 0 saturated carbocycles. The van der Waals surface area contributed by atoms with Crippen LogP contribution in [0.4, 0.5) is 5.69 Å². The topological polar surface area (TPSA) is 34.0 Å². The molecule has 3 heterocycles. The number of aryl methyl sites for hydroxylation is 1. The fourth-order valence-corrected chi connectivity index (χ4v) is 8.97. The monoisotopic (exact) mass is 760 g/mol. The standard InChI is InChI=1S/C32H30ClN4OSSe.HI/c1-4-34-26-20-22(33)16-18-27(26)39-30(34)21-29-36(6-3)32(38)25(37(29)23-12-8-7-9-13-23)17-19-31-35(5-2)24-14-10-11-15-28(24)40-31;/h7-21H,4-6H2,1-3H3;1H/q+1;/p-1/b25-17+,31-19-;. The van der Waals surface area contributed by atoms with Crippen LogP contribution in [0.5, 0.6) is 0 Å². The molecule has 0 atom stereocenters. The Balaban J connectivity index is 0.00000337. The summed E-state index contributed by atoms with van der Waals surface area (Å²) in [6.45, 7) is 8.61. The van der Waals surface area contributed by atoms with Crippen LogP contribution in [0.3, 0.4) is 0 Å². The number of rotatable bonds is 6. The van der Waals surface area contributed by atoms with Gasteiger partial charge in [-0.2, -0.15) is 0 Å². The number of hydrogen-bond acceptors (Lipinski definition) is 3. The summed E-state index contributed by atoms with van der Waals surface area (Å²) in [6.07, 6.45) is 6.32. The van der Waals surface area contributed by atoms with Crippen LogP contribution in [-0.4, -0.2) is 30.6 Å². The van der Waals surface area contributed by atoms with Gasteiger partial charge in [0.2, 0.25) is 0 Å². The summed E-state index contributed by atoms with van der Waals surface area (Å²) in [6, 6.07) is 24.8. The first kappa shape index (κ1) is 29.9. The number of anilines is 1. The van der Waals surface area contributed by atoms with E-state index in [1.807, 2.05) is 47.9 Å². The predicted molar refractivity (Wildman–Crippen MR) is 169 cm³/mol. The van der Waals surface area contributed by atoms with Crippen molar-refractivity contribution in [3.05, 3.63) is 115 Å². The van der Waals surface area contributed by atoms with Crippen molar-refractivity contribution in [2.45, 2.75) is 33.9 Å². The van der Waals surface area contributed by atoms with Crippen molar-refractivity contribution in [3.8, 4) is 5.69 Å². The summed E-state index contributed by atoms with van der Waals surface area (Å²) >= 11 is 8.26. The van der Waals surface area contributed by atoms with E-state index < -0.39 is 0 Å². The van der Waals surface area contributed by atoms with Gasteiger partial charge >= 0.3 is 238 Å². The Morgan fingerprint density at radius 2 is 1.71 bits per heavy atom. The second-order valence-corrected chi connectivity index (χ2v) is 13.1. The van der Waals surface area contributed by atoms with Crippen molar-refractivity contribution in [2.24, 2.45) is 0 Å². The number of benzene rings is 3. The molecule has 210 valence electrons. The van der Waals surface area contributed by atoms with Gasteiger partial charge in [0, 0.05) is 0 Å². The molecule has 41 heavy (non-hydrogen) atoms. The van der Waals surface area contributed by atoms with E-state index in [0.717, 1.165) is 39.8 Å². The molecule has 0 aliphatic carbocycles. The maximum atomic E-state index is 14.0. The van der Waals surface area contributed by atoms with Gasteiger partial charge in [0.05, 0.1) is 0 Å². The normalized spacial score (nSPS) is 14.7. The molecule has 0 amide bonds. The zero-order chi connectivity index (χ0) is 27.8. The van der Waals surface area contributed by atoms with Crippen molar-refractivity contribution in [1.29, 1.82) is 0 Å². The second kappa shape index (κ2) is 12.7. The van der Waals surface area contributed by atoms with Gasteiger partial charge in [-0.3, -0.25) is 0 Å². The van der Waals surface area contributed by atoms with E-state index in [1.165, 1.54) is 19.4 Å². The first-order valence-electron chi connectivity index (χ1n) is 13.5. The van der Waals surface area contributed by atoms with Crippen LogP contribution in [0.25, 0.3) is 28.1 Å². The third kappa shape index (κ3) is 5.48. The van der Waals surface area contributed by atoms with Gasteiger partial charge < -0.3 is 24.0 Å². The summed E-state index contributed by atoms with van der Waals surface area (Å²) < 4.78 is 10.0. The van der Waals surface area contributed by atoms with Crippen LogP contribution in [0.1, 0.15) is 25.8 Å². The Morgan fingerprint density at radius 3 is 2.44 bits per heavy atom. The summed E-state index contributed by atoms with van der Waals surface area (Å²) in [5.41, 5.74) is 4.21. The second-order valence-electron chi connectivity index (χ2n) is 9.39. The Hall–Kier alpha value is -2.62. The molecule has 9 heteroatoms. The molecule has 0 saturated heterocycles. The Kier molecular flexibility index (Phi) is 9.26. The molecule has 5 aromatic rings. The average Bonchev–Trinajstić information content (AvgIpc) is 3.60. The minimum absolute atomic E-state index is 0. The zero-order valence-electron chi connectivity index (χ0n) is 23.1. The van der Waals surface area contributed by atoms with Crippen LogP contribution in [0, 0.1) is 0 Å². The van der Waals surface area contributed by atoms with Crippen molar-refractivity contribution >= 4 is 70.4 Å². The van der Waals surface area contributed by atoms with Gasteiger partial charge in [0.15, 0.2) is 0 Å². The van der Waals surface area contributed by atoms with Crippen LogP contribution < -0.4 is 54.3 Å². The van der Waals surface area contributed by atoms with E-state index in [9.17, 15) is 4.79 Å². The van der Waals surface area contributed by atoms with Crippen molar-refractivity contribution in [2.75, 3.05) is 11.4 Å². The first-order valence-corrected chi connectivity index (χ1v) is 16.4. The van der Waals surface area contributed by atoms with E-state index >= 15 is 0 Å². The van der Waals surface area contributed by atoms with Gasteiger partial charge in [-0.15, -0.1) is 0 Å². The van der Waals surface area contributed by atoms with Gasteiger partial charge in [-0.1, -0.05) is 11.6 Å². The molecular formula is C32H30ClIN4OSSe. The largest absolute Gasteiger partial charge is 1.00 e. The number of fused-ring (bicyclic) bond motifs is 2. The fraction of sp³-hybridized carbons (Fsp3) is 0.188. The molecule has 0 fully saturated rings. The van der Waals surface area contributed by atoms with E-state index in [1.54, 1.807) is 11.3 Å². The van der Waals surface area contributed by atoms with Crippen molar-refractivity contribution < 1.29 is 28.5 Å². The molecule has 0 unspecified atom stereocenters. The van der Waals surface area contributed by atoms with Crippen LogP contribution in [-0.2, 0) is 13.1 Å². The molecule has 1 aliphatic heterocycles. The van der Waals surface area contributed by atoms with Gasteiger partial charge in [0.25, 0.3) is 0 Å². The van der Waals surface area contributed by atoms with Gasteiger partial charge in [-0.25, -0.2) is 0 Å². The molecule has 0 spiro atoms. The third-order valence-electron chi connectivity index (χ3n) is 7.14. The molecular weight excluding hydrogens is 730 g/mol. The Labute approximate surface area is 271 Å². The third-order valence-corrected chi connectivity index (χ3v) is 10.9. The summed E-state index contributed by atoms with van der Waals surface area (Å²) in [4.78, 5) is 16.3. The average molecular weight is 760 g/mol. The number of allylic oxidation sites excluding steroid dienone is 1. The predicted octanol–water partition coefficient (Wildman–Crippen LogP) is 1.16. The number of halogens is 2. The number of aromatic nitrogens is 3. The number of imidazole rings is 1. The van der Waals surface area contributed by atoms with E-state index in [-0.39, 0.29) is 44.5 Å². The number of hydrogen-bond donors (Lipinski definition) is 0. The molecule has 0 N–H and O–H groups in total. The molecule has 0 bridgehead atoms. The van der Waals surface area contributed by atoms with E-state index in [4.69, 9.17) is 11.6 Å². The molecule has 0 radical (unpaired) electrons. The number of nitrogens with zero attached hydrogens (tertiary/aromatic N) is 4. The van der Waals surface area contributed by atoms with Gasteiger partial charge in [-0.05, 0) is 0 Å². The quantitative estimate of drug-likeness (QED) is 0.148. The van der Waals surface area contributed by atoms with E-state index in [0.29, 0.717) is 11.9 Å². The molecule has 1 aliphatic rings. The minimum atomic E-state index is 0. The molecule has 5 nitrogen and oxygen atoms in total. The summed E-state index contributed by atoms with van der Waals surface area (Å²) in [5.74, 6) is 0. The first-order chi connectivity index (χ1) is 19.5. The van der Waals surface area contributed by atoms with Crippen LogP contribution in [0.15, 0.2) is 88.3 Å². The maximum absolute atomic E-state index is 14.0. The number of thiazole rings is 1. The number of para-hydroxylation sites is 2. The Bertz CT molecular complexity index is 1940. The van der Waals surface area contributed by atoms with Gasteiger partial charge in [0.1, 0.15) is 0 Å². The van der Waals surface area contributed by atoms with E-state index in [2.05, 4.69) is 82.5 Å². The minimum Gasteiger partial charge on any atom is -1.00 e. The maximum Gasteiger partial charge on any atom is -1.00 e. The van der Waals surface area contributed by atoms with Crippen LogP contribution >= 0.6 is 22.9 Å². The summed E-state index contributed by atoms with van der Waals surface area (Å²) in [7, 11) is 0. The summed E-state index contributed by atoms with van der Waals surface area (Å²) in [5, 5.41) is 2.45. The SMILES string of the molecule is CCN1/C(=C/C=c2\c(=O)n(CC)/c(=C\c3sc4ccc(Cl)cc4[n+]3CC)n2-c2ccccc2)[Se]c2ccccc21.[I-]. The molecule has 3 aromatic carbocycles. The Morgan fingerprint density at radius 1 is 0.951 bits per heavy atom. The van der Waals surface area contributed by atoms with Crippen molar-refractivity contribution in [3.63, 3.8) is 0 Å². The van der Waals surface area contributed by atoms with Crippen LogP contribution in [0.2, 0.25) is 5.02 Å². The smallest absolute Gasteiger partial charge is 1.00 e. The molecule has 6 rings (SSSR count).